The van der Waals surface area contributed by atoms with Gasteiger partial charge in [-0.3, -0.25) is 0 Å². The van der Waals surface area contributed by atoms with E-state index in [9.17, 15) is 12.8 Å². The molecule has 0 spiro atoms. The van der Waals surface area contributed by atoms with Gasteiger partial charge in [-0.05, 0) is 31.0 Å². The van der Waals surface area contributed by atoms with Crippen LogP contribution < -0.4 is 10.5 Å². The van der Waals surface area contributed by atoms with E-state index in [1.165, 1.54) is 6.07 Å². The Balaban J connectivity index is 0.00000361. The van der Waals surface area contributed by atoms with Crippen molar-refractivity contribution < 1.29 is 12.8 Å². The largest absolute Gasteiger partial charge is 0.329 e. The van der Waals surface area contributed by atoms with Crippen LogP contribution in [0.1, 0.15) is 26.7 Å². The molecule has 3 N–H and O–H groups in total. The number of nitrogens with one attached hydrogen (secondary N) is 1. The number of hydrogen-bond acceptors (Lipinski definition) is 3. The highest BCUT2D eigenvalue weighted by Gasteiger charge is 2.31. The third-order valence-electron chi connectivity index (χ3n) is 3.24. The second kappa shape index (κ2) is 7.56. The molecule has 0 aliphatic carbocycles. The van der Waals surface area contributed by atoms with Crippen molar-refractivity contribution in [3.05, 3.63) is 29.0 Å². The molecule has 0 saturated carbocycles. The van der Waals surface area contributed by atoms with Gasteiger partial charge < -0.3 is 5.73 Å². The van der Waals surface area contributed by atoms with Crippen LogP contribution in [-0.4, -0.2) is 20.5 Å². The molecule has 0 amide bonds. The first-order valence-electron chi connectivity index (χ1n) is 5.98. The van der Waals surface area contributed by atoms with Crippen molar-refractivity contribution in [2.24, 2.45) is 5.73 Å². The molecule has 0 radical (unpaired) electrons. The topological polar surface area (TPSA) is 72.2 Å². The Kier molecular flexibility index (Phi) is 7.41. The molecule has 0 fully saturated rings. The Hall–Kier alpha value is -0.400. The van der Waals surface area contributed by atoms with Gasteiger partial charge in [-0.15, -0.1) is 12.4 Å². The predicted octanol–water partition coefficient (Wildman–Crippen LogP) is 2.70. The van der Waals surface area contributed by atoms with Gasteiger partial charge in [0.2, 0.25) is 10.0 Å². The van der Waals surface area contributed by atoms with Crippen molar-refractivity contribution in [2.45, 2.75) is 37.1 Å². The van der Waals surface area contributed by atoms with Crippen LogP contribution in [0.15, 0.2) is 23.1 Å². The van der Waals surface area contributed by atoms with Crippen LogP contribution in [0.5, 0.6) is 0 Å². The molecule has 0 bridgehead atoms. The van der Waals surface area contributed by atoms with E-state index in [1.54, 1.807) is 0 Å². The lowest BCUT2D eigenvalue weighted by molar-refractivity contribution is 0.363. The predicted molar refractivity (Wildman–Crippen MR) is 81.3 cm³/mol. The molecule has 20 heavy (non-hydrogen) atoms. The summed E-state index contributed by atoms with van der Waals surface area (Å²) < 4.78 is 40.3. The molecule has 4 nitrogen and oxygen atoms in total. The average molecular weight is 345 g/mol. The van der Waals surface area contributed by atoms with Crippen LogP contribution in [0.3, 0.4) is 0 Å². The summed E-state index contributed by atoms with van der Waals surface area (Å²) in [6.45, 7) is 3.86. The zero-order chi connectivity index (χ0) is 14.7. The molecule has 8 heteroatoms. The van der Waals surface area contributed by atoms with E-state index in [4.69, 9.17) is 17.3 Å². The number of hydrogen-bond donors (Lipinski definition) is 2. The first-order chi connectivity index (χ1) is 8.78. The van der Waals surface area contributed by atoms with Crippen LogP contribution in [-0.2, 0) is 10.0 Å². The van der Waals surface area contributed by atoms with Crippen molar-refractivity contribution in [2.75, 3.05) is 6.54 Å². The molecule has 0 aromatic heterocycles. The van der Waals surface area contributed by atoms with E-state index in [1.807, 2.05) is 13.8 Å². The minimum absolute atomic E-state index is 0. The summed E-state index contributed by atoms with van der Waals surface area (Å²) in [6, 6.07) is 3.19. The minimum atomic E-state index is -3.85. The van der Waals surface area contributed by atoms with Gasteiger partial charge in [0.15, 0.2) is 0 Å². The molecule has 0 aliphatic rings. The summed E-state index contributed by atoms with van der Waals surface area (Å²) in [6.07, 6.45) is 1.09. The van der Waals surface area contributed by atoms with Crippen LogP contribution in [0.25, 0.3) is 0 Å². The highest BCUT2D eigenvalue weighted by molar-refractivity contribution is 7.89. The molecule has 1 aromatic rings. The molecule has 0 aliphatic heterocycles. The van der Waals surface area contributed by atoms with Gasteiger partial charge in [0.05, 0.1) is 4.90 Å². The van der Waals surface area contributed by atoms with Gasteiger partial charge in [-0.1, -0.05) is 25.4 Å². The first-order valence-corrected chi connectivity index (χ1v) is 7.85. The summed E-state index contributed by atoms with van der Waals surface area (Å²) in [4.78, 5) is -0.197. The number of rotatable bonds is 6. The van der Waals surface area contributed by atoms with E-state index >= 15 is 0 Å². The van der Waals surface area contributed by atoms with Crippen molar-refractivity contribution in [3.8, 4) is 0 Å². The Bertz CT molecular complexity index is 520. The molecule has 1 aromatic carbocycles. The monoisotopic (exact) mass is 344 g/mol. The second-order valence-electron chi connectivity index (χ2n) is 4.40. The van der Waals surface area contributed by atoms with Gasteiger partial charge in [-0.2, -0.15) is 0 Å². The third-order valence-corrected chi connectivity index (χ3v) is 5.02. The second-order valence-corrected chi connectivity index (χ2v) is 6.52. The van der Waals surface area contributed by atoms with Crippen LogP contribution in [0.4, 0.5) is 4.39 Å². The Morgan fingerprint density at radius 3 is 2.25 bits per heavy atom. The van der Waals surface area contributed by atoms with E-state index in [2.05, 4.69) is 4.72 Å². The lowest BCUT2D eigenvalue weighted by Crippen LogP contribution is -2.52. The average Bonchev–Trinajstić information content (AvgIpc) is 2.35. The van der Waals surface area contributed by atoms with E-state index in [0.717, 1.165) is 12.1 Å². The zero-order valence-corrected chi connectivity index (χ0v) is 13.7. The van der Waals surface area contributed by atoms with Crippen LogP contribution in [0, 0.1) is 5.82 Å². The zero-order valence-electron chi connectivity index (χ0n) is 11.3. The van der Waals surface area contributed by atoms with Crippen LogP contribution in [0.2, 0.25) is 5.02 Å². The first kappa shape index (κ1) is 19.6. The Morgan fingerprint density at radius 2 is 1.85 bits per heavy atom. The molecule has 1 rings (SSSR count). The molecule has 0 saturated heterocycles. The molecule has 116 valence electrons. The van der Waals surface area contributed by atoms with E-state index in [-0.39, 0.29) is 28.9 Å². The maximum Gasteiger partial charge on any atom is 0.241 e. The number of halogens is 3. The maximum absolute atomic E-state index is 13.2. The molecular weight excluding hydrogens is 326 g/mol. The SMILES string of the molecule is CCC(CC)(CN)NS(=O)(=O)c1cc(F)cc(Cl)c1.Cl. The van der Waals surface area contributed by atoms with Crippen molar-refractivity contribution in [3.63, 3.8) is 0 Å². The van der Waals surface area contributed by atoms with Gasteiger partial charge in [0.1, 0.15) is 5.82 Å². The van der Waals surface area contributed by atoms with E-state index in [0.29, 0.717) is 12.8 Å². The summed E-state index contributed by atoms with van der Waals surface area (Å²) >= 11 is 5.67. The number of nitrogens with two attached hydrogens (primary N) is 1. The third kappa shape index (κ3) is 4.56. The molecule has 0 unspecified atom stereocenters. The number of benzene rings is 1. The summed E-state index contributed by atoms with van der Waals surface area (Å²) in [5, 5.41) is 0.0340. The summed E-state index contributed by atoms with van der Waals surface area (Å²) in [7, 11) is -3.85. The molecule has 0 heterocycles. The van der Waals surface area contributed by atoms with Crippen molar-refractivity contribution in [1.29, 1.82) is 0 Å². The fraction of sp³-hybridized carbons (Fsp3) is 0.500. The fourth-order valence-corrected chi connectivity index (χ4v) is 3.65. The summed E-state index contributed by atoms with van der Waals surface area (Å²) in [5.74, 6) is -0.695. The van der Waals surface area contributed by atoms with Crippen LogP contribution >= 0.6 is 24.0 Å². The van der Waals surface area contributed by atoms with Crippen molar-refractivity contribution >= 4 is 34.0 Å². The van der Waals surface area contributed by atoms with E-state index < -0.39 is 21.4 Å². The standard InChI is InChI=1S/C12H18ClFN2O2S.ClH/c1-3-12(4-2,8-15)16-19(17,18)11-6-9(13)5-10(14)7-11;/h5-7,16H,3-4,8,15H2,1-2H3;1H. The Labute approximate surface area is 130 Å². The van der Waals surface area contributed by atoms with Gasteiger partial charge in [-0.25, -0.2) is 17.5 Å². The minimum Gasteiger partial charge on any atom is -0.329 e. The van der Waals surface area contributed by atoms with Crippen molar-refractivity contribution in [1.82, 2.24) is 4.72 Å². The van der Waals surface area contributed by atoms with Gasteiger partial charge in [0.25, 0.3) is 0 Å². The Morgan fingerprint density at radius 1 is 1.30 bits per heavy atom. The fourth-order valence-electron chi connectivity index (χ4n) is 1.75. The lowest BCUT2D eigenvalue weighted by Gasteiger charge is -2.31. The molecule has 0 atom stereocenters. The highest BCUT2D eigenvalue weighted by atomic mass is 35.5. The lowest BCUT2D eigenvalue weighted by atomic mass is 9.95. The quantitative estimate of drug-likeness (QED) is 0.833. The normalized spacial score (nSPS) is 12.1. The van der Waals surface area contributed by atoms with Gasteiger partial charge >= 0.3 is 0 Å². The molecular formula is C12H19Cl2FN2O2S. The van der Waals surface area contributed by atoms with Gasteiger partial charge in [0, 0.05) is 17.1 Å². The number of sulfonamides is 1. The maximum atomic E-state index is 13.2. The summed E-state index contributed by atoms with van der Waals surface area (Å²) in [5.41, 5.74) is 4.92. The highest BCUT2D eigenvalue weighted by Crippen LogP contribution is 2.22. The smallest absolute Gasteiger partial charge is 0.241 e.